The molecule has 186 valence electrons. The van der Waals surface area contributed by atoms with Crippen molar-refractivity contribution in [1.82, 2.24) is 5.32 Å². The van der Waals surface area contributed by atoms with Gasteiger partial charge in [0.15, 0.2) is 0 Å². The zero-order valence-corrected chi connectivity index (χ0v) is 20.7. The van der Waals surface area contributed by atoms with Gasteiger partial charge in [0, 0.05) is 19.1 Å². The first-order valence-corrected chi connectivity index (χ1v) is 12.5. The predicted molar refractivity (Wildman–Crippen MR) is 141 cm³/mol. The summed E-state index contributed by atoms with van der Waals surface area (Å²) in [5, 5.41) is 23.3. The summed E-state index contributed by atoms with van der Waals surface area (Å²) >= 11 is 0. The van der Waals surface area contributed by atoms with E-state index in [1.165, 1.54) is 5.56 Å². The number of aliphatic hydroxyl groups excluding tert-OH is 1. The number of carbonyl (C=O) groups excluding carboxylic acids is 1. The van der Waals surface area contributed by atoms with Crippen LogP contribution in [0.25, 0.3) is 0 Å². The Hall–Kier alpha value is -3.66. The van der Waals surface area contributed by atoms with Gasteiger partial charge >= 0.3 is 5.97 Å². The molecule has 0 fully saturated rings. The predicted octanol–water partition coefficient (Wildman–Crippen LogP) is 4.42. The number of hydrogen-bond donors (Lipinski definition) is 2. The van der Waals surface area contributed by atoms with Crippen LogP contribution in [0.15, 0.2) is 72.8 Å². The maximum atomic E-state index is 12.1. The fourth-order valence-electron chi connectivity index (χ4n) is 4.89. The molecule has 1 aliphatic heterocycles. The van der Waals surface area contributed by atoms with E-state index in [1.54, 1.807) is 12.1 Å². The minimum absolute atomic E-state index is 0.0254. The molecule has 0 bridgehead atoms. The van der Waals surface area contributed by atoms with Crippen molar-refractivity contribution in [2.24, 2.45) is 0 Å². The van der Waals surface area contributed by atoms with Gasteiger partial charge in [0.05, 0.1) is 36.1 Å². The summed E-state index contributed by atoms with van der Waals surface area (Å²) in [7, 11) is 0. The summed E-state index contributed by atoms with van der Waals surface area (Å²) in [4.78, 5) is 14.4. The highest BCUT2D eigenvalue weighted by Crippen LogP contribution is 2.33. The van der Waals surface area contributed by atoms with Crippen molar-refractivity contribution in [3.05, 3.63) is 101 Å². The van der Waals surface area contributed by atoms with Gasteiger partial charge in [-0.2, -0.15) is 5.26 Å². The third-order valence-electron chi connectivity index (χ3n) is 6.56. The Balaban J connectivity index is 1.34. The average molecular weight is 484 g/mol. The molecule has 3 aromatic carbocycles. The van der Waals surface area contributed by atoms with Crippen LogP contribution in [-0.4, -0.2) is 43.4 Å². The molecule has 0 radical (unpaired) electrons. The van der Waals surface area contributed by atoms with Crippen LogP contribution in [0.4, 0.5) is 5.69 Å². The Bertz CT molecular complexity index is 1190. The number of aliphatic hydroxyl groups is 1. The standard InChI is InChI=1S/C30H33N3O3/c1-22(32-28(21-34)24-9-4-2-5-10-24)17-23-18-26-13-15-33(29(26)27(19-23)20-31)14-8-16-36-30(35)25-11-6-3-7-12-25/h2-7,9-12,18-19,22,28,32,34H,8,13-17,21H2,1H3. The number of nitrogens with one attached hydrogen (secondary N) is 1. The van der Waals surface area contributed by atoms with Crippen LogP contribution in [0.5, 0.6) is 0 Å². The molecular weight excluding hydrogens is 450 g/mol. The van der Waals surface area contributed by atoms with Crippen LogP contribution in [0.3, 0.4) is 0 Å². The van der Waals surface area contributed by atoms with Crippen molar-refractivity contribution in [3.8, 4) is 6.07 Å². The van der Waals surface area contributed by atoms with E-state index in [0.29, 0.717) is 24.2 Å². The number of anilines is 1. The van der Waals surface area contributed by atoms with Gasteiger partial charge in [-0.15, -0.1) is 0 Å². The summed E-state index contributed by atoms with van der Waals surface area (Å²) in [5.74, 6) is -0.307. The highest BCUT2D eigenvalue weighted by molar-refractivity contribution is 5.89. The lowest BCUT2D eigenvalue weighted by Crippen LogP contribution is -2.34. The normalized spacial score (nSPS) is 14.1. The molecule has 2 atom stereocenters. The molecule has 0 amide bonds. The minimum Gasteiger partial charge on any atom is -0.462 e. The van der Waals surface area contributed by atoms with E-state index in [1.807, 2.05) is 54.6 Å². The number of nitriles is 1. The lowest BCUT2D eigenvalue weighted by Gasteiger charge is -2.23. The second kappa shape index (κ2) is 12.3. The van der Waals surface area contributed by atoms with Gasteiger partial charge in [0.25, 0.3) is 0 Å². The van der Waals surface area contributed by atoms with E-state index in [0.717, 1.165) is 42.7 Å². The Morgan fingerprint density at radius 3 is 2.56 bits per heavy atom. The number of rotatable bonds is 11. The quantitative estimate of drug-likeness (QED) is 0.310. The molecule has 2 N–H and O–H groups in total. The molecule has 6 heteroatoms. The second-order valence-electron chi connectivity index (χ2n) is 9.27. The van der Waals surface area contributed by atoms with Crippen molar-refractivity contribution in [2.75, 3.05) is 31.2 Å². The topological polar surface area (TPSA) is 85.6 Å². The summed E-state index contributed by atoms with van der Waals surface area (Å²) < 4.78 is 5.41. The number of benzene rings is 3. The molecule has 4 rings (SSSR count). The zero-order chi connectivity index (χ0) is 25.3. The molecule has 2 unspecified atom stereocenters. The smallest absolute Gasteiger partial charge is 0.338 e. The van der Waals surface area contributed by atoms with Crippen LogP contribution in [0.1, 0.15) is 52.0 Å². The van der Waals surface area contributed by atoms with Gasteiger partial charge in [-0.1, -0.05) is 54.6 Å². The maximum Gasteiger partial charge on any atom is 0.338 e. The number of ether oxygens (including phenoxy) is 1. The number of nitrogens with zero attached hydrogens (tertiary/aromatic N) is 2. The molecule has 0 aromatic heterocycles. The molecule has 1 aliphatic rings. The van der Waals surface area contributed by atoms with E-state index in [-0.39, 0.29) is 24.7 Å². The highest BCUT2D eigenvalue weighted by Gasteiger charge is 2.24. The third kappa shape index (κ3) is 6.31. The number of fused-ring (bicyclic) bond motifs is 1. The van der Waals surface area contributed by atoms with Crippen LogP contribution in [0, 0.1) is 11.3 Å². The van der Waals surface area contributed by atoms with Crippen LogP contribution in [0.2, 0.25) is 0 Å². The summed E-state index contributed by atoms with van der Waals surface area (Å²) in [6.07, 6.45) is 2.36. The van der Waals surface area contributed by atoms with Gasteiger partial charge in [0.1, 0.15) is 6.07 Å². The summed E-state index contributed by atoms with van der Waals surface area (Å²) in [5.41, 5.74) is 5.63. The van der Waals surface area contributed by atoms with E-state index in [4.69, 9.17) is 4.74 Å². The van der Waals surface area contributed by atoms with Gasteiger partial charge in [-0.25, -0.2) is 4.79 Å². The largest absolute Gasteiger partial charge is 0.462 e. The molecule has 0 spiro atoms. The Morgan fingerprint density at radius 2 is 1.86 bits per heavy atom. The minimum atomic E-state index is -0.307. The number of hydrogen-bond acceptors (Lipinski definition) is 6. The van der Waals surface area contributed by atoms with Gasteiger partial charge in [-0.3, -0.25) is 0 Å². The van der Waals surface area contributed by atoms with Crippen LogP contribution >= 0.6 is 0 Å². The Kier molecular flexibility index (Phi) is 8.72. The SMILES string of the molecule is CC(Cc1cc(C#N)c2c(c1)CCN2CCCOC(=O)c1ccccc1)NC(CO)c1ccccc1. The molecule has 0 aliphatic carbocycles. The fraction of sp³-hybridized carbons (Fsp3) is 0.333. The van der Waals surface area contributed by atoms with Crippen LogP contribution < -0.4 is 10.2 Å². The fourth-order valence-corrected chi connectivity index (χ4v) is 4.89. The molecular formula is C30H33N3O3. The molecule has 0 saturated heterocycles. The zero-order valence-electron chi connectivity index (χ0n) is 20.7. The van der Waals surface area contributed by atoms with Crippen molar-refractivity contribution in [2.45, 2.75) is 38.3 Å². The molecule has 0 saturated carbocycles. The first-order valence-electron chi connectivity index (χ1n) is 12.5. The van der Waals surface area contributed by atoms with E-state index >= 15 is 0 Å². The Labute approximate surface area is 213 Å². The molecule has 1 heterocycles. The first-order chi connectivity index (χ1) is 17.6. The van der Waals surface area contributed by atoms with E-state index < -0.39 is 0 Å². The highest BCUT2D eigenvalue weighted by atomic mass is 16.5. The van der Waals surface area contributed by atoms with Gasteiger partial charge in [0.2, 0.25) is 0 Å². The van der Waals surface area contributed by atoms with Crippen molar-refractivity contribution in [3.63, 3.8) is 0 Å². The van der Waals surface area contributed by atoms with Crippen LogP contribution in [-0.2, 0) is 17.6 Å². The maximum absolute atomic E-state index is 12.1. The van der Waals surface area contributed by atoms with Crippen molar-refractivity contribution < 1.29 is 14.6 Å². The summed E-state index contributed by atoms with van der Waals surface area (Å²) in [6, 6.07) is 25.5. The number of carbonyl (C=O) groups is 1. The third-order valence-corrected chi connectivity index (χ3v) is 6.56. The van der Waals surface area contributed by atoms with E-state index in [2.05, 4.69) is 29.3 Å². The monoisotopic (exact) mass is 483 g/mol. The lowest BCUT2D eigenvalue weighted by molar-refractivity contribution is 0.0502. The molecule has 36 heavy (non-hydrogen) atoms. The first kappa shape index (κ1) is 25.4. The average Bonchev–Trinajstić information content (AvgIpc) is 3.33. The Morgan fingerprint density at radius 1 is 1.14 bits per heavy atom. The molecule has 3 aromatic rings. The number of esters is 1. The van der Waals surface area contributed by atoms with Gasteiger partial charge in [-0.05, 0) is 61.1 Å². The summed E-state index contributed by atoms with van der Waals surface area (Å²) in [6.45, 7) is 4.06. The second-order valence-corrected chi connectivity index (χ2v) is 9.27. The van der Waals surface area contributed by atoms with Crippen molar-refractivity contribution in [1.29, 1.82) is 5.26 Å². The molecule has 6 nitrogen and oxygen atoms in total. The van der Waals surface area contributed by atoms with Crippen molar-refractivity contribution >= 4 is 11.7 Å². The van der Waals surface area contributed by atoms with Gasteiger partial charge < -0.3 is 20.1 Å². The van der Waals surface area contributed by atoms with E-state index in [9.17, 15) is 15.2 Å². The lowest BCUT2D eigenvalue weighted by atomic mass is 9.98.